The van der Waals surface area contributed by atoms with Crippen LogP contribution in [0.2, 0.25) is 0 Å². The zero-order valence-corrected chi connectivity index (χ0v) is 11.1. The van der Waals surface area contributed by atoms with E-state index in [4.69, 9.17) is 5.73 Å². The second-order valence-electron chi connectivity index (χ2n) is 4.44. The van der Waals surface area contributed by atoms with Crippen molar-refractivity contribution < 1.29 is 4.79 Å². The number of carbonyl (C=O) groups is 1. The number of carbonyl (C=O) groups excluding carboxylic acids is 1. The smallest absolute Gasteiger partial charge is 0.226 e. The van der Waals surface area contributed by atoms with Gasteiger partial charge in [-0.1, -0.05) is 36.0 Å². The van der Waals surface area contributed by atoms with Gasteiger partial charge in [0.25, 0.3) is 0 Å². The van der Waals surface area contributed by atoms with Crippen LogP contribution in [0.1, 0.15) is 37.0 Å². The van der Waals surface area contributed by atoms with Crippen LogP contribution in [0.25, 0.3) is 0 Å². The standard InChI is InChI=1S/C13H17N3OS/c14-7-3-6-11-9-15-13(18-11)16-12(17)8-10-4-1-2-5-10/h9-10H,1-2,4-5,7-8,14H2,(H,15,16,17). The van der Waals surface area contributed by atoms with Crippen molar-refractivity contribution in [1.29, 1.82) is 0 Å². The molecular weight excluding hydrogens is 246 g/mol. The molecule has 0 aliphatic heterocycles. The number of amides is 1. The summed E-state index contributed by atoms with van der Waals surface area (Å²) in [5, 5.41) is 3.46. The molecule has 5 heteroatoms. The molecular formula is C13H17N3OS. The van der Waals surface area contributed by atoms with Crippen molar-refractivity contribution in [3.63, 3.8) is 0 Å². The third-order valence-electron chi connectivity index (χ3n) is 3.01. The zero-order valence-electron chi connectivity index (χ0n) is 10.2. The summed E-state index contributed by atoms with van der Waals surface area (Å²) in [5.41, 5.74) is 5.30. The molecule has 3 N–H and O–H groups in total. The molecule has 0 aromatic carbocycles. The van der Waals surface area contributed by atoms with Gasteiger partial charge in [-0.05, 0) is 18.8 Å². The SMILES string of the molecule is NCC#Cc1cnc(NC(=O)CC2CCCC2)s1. The number of hydrogen-bond acceptors (Lipinski definition) is 4. The van der Waals surface area contributed by atoms with Crippen LogP contribution in [0.3, 0.4) is 0 Å². The number of aromatic nitrogens is 1. The van der Waals surface area contributed by atoms with E-state index in [-0.39, 0.29) is 5.91 Å². The monoisotopic (exact) mass is 263 g/mol. The molecule has 0 unspecified atom stereocenters. The lowest BCUT2D eigenvalue weighted by atomic mass is 10.0. The van der Waals surface area contributed by atoms with Crippen LogP contribution in [0.4, 0.5) is 5.13 Å². The van der Waals surface area contributed by atoms with Gasteiger partial charge < -0.3 is 11.1 Å². The highest BCUT2D eigenvalue weighted by Crippen LogP contribution is 2.28. The van der Waals surface area contributed by atoms with Crippen molar-refractivity contribution in [3.8, 4) is 11.8 Å². The molecule has 1 aromatic rings. The number of nitrogens with zero attached hydrogens (tertiary/aromatic N) is 1. The summed E-state index contributed by atoms with van der Waals surface area (Å²) in [6, 6.07) is 0. The van der Waals surface area contributed by atoms with Crippen molar-refractivity contribution in [2.45, 2.75) is 32.1 Å². The summed E-state index contributed by atoms with van der Waals surface area (Å²) in [5.74, 6) is 6.29. The number of anilines is 1. The van der Waals surface area contributed by atoms with E-state index in [1.807, 2.05) is 0 Å². The van der Waals surface area contributed by atoms with Gasteiger partial charge >= 0.3 is 0 Å². The van der Waals surface area contributed by atoms with Crippen LogP contribution < -0.4 is 11.1 Å². The first-order chi connectivity index (χ1) is 8.78. The van der Waals surface area contributed by atoms with Gasteiger partial charge in [-0.15, -0.1) is 0 Å². The van der Waals surface area contributed by atoms with E-state index in [9.17, 15) is 4.79 Å². The largest absolute Gasteiger partial charge is 0.320 e. The Morgan fingerprint density at radius 3 is 3.06 bits per heavy atom. The Balaban J connectivity index is 1.84. The van der Waals surface area contributed by atoms with Gasteiger partial charge in [-0.2, -0.15) is 0 Å². The normalized spacial score (nSPS) is 15.2. The molecule has 0 saturated heterocycles. The molecule has 0 atom stereocenters. The van der Waals surface area contributed by atoms with Gasteiger partial charge in [0.2, 0.25) is 5.91 Å². The lowest BCUT2D eigenvalue weighted by Crippen LogP contribution is -2.14. The number of nitrogens with two attached hydrogens (primary N) is 1. The van der Waals surface area contributed by atoms with Crippen LogP contribution in [-0.4, -0.2) is 17.4 Å². The summed E-state index contributed by atoms with van der Waals surface area (Å²) >= 11 is 1.39. The van der Waals surface area contributed by atoms with Gasteiger partial charge in [-0.25, -0.2) is 4.98 Å². The van der Waals surface area contributed by atoms with E-state index in [1.165, 1.54) is 37.0 Å². The Kier molecular flexibility index (Phi) is 4.73. The number of rotatable bonds is 3. The lowest BCUT2D eigenvalue weighted by Gasteiger charge is -2.07. The van der Waals surface area contributed by atoms with E-state index >= 15 is 0 Å². The fourth-order valence-corrected chi connectivity index (χ4v) is 2.88. The third kappa shape index (κ3) is 3.83. The van der Waals surface area contributed by atoms with E-state index in [2.05, 4.69) is 22.1 Å². The molecule has 0 spiro atoms. The van der Waals surface area contributed by atoms with Crippen LogP contribution in [-0.2, 0) is 4.79 Å². The Labute approximate surface area is 111 Å². The van der Waals surface area contributed by atoms with Gasteiger partial charge in [0, 0.05) is 6.42 Å². The van der Waals surface area contributed by atoms with Crippen molar-refractivity contribution in [1.82, 2.24) is 4.98 Å². The topological polar surface area (TPSA) is 68.0 Å². The molecule has 1 aromatic heterocycles. The van der Waals surface area contributed by atoms with E-state index in [0.29, 0.717) is 24.0 Å². The average molecular weight is 263 g/mol. The molecule has 1 aliphatic rings. The van der Waals surface area contributed by atoms with E-state index < -0.39 is 0 Å². The van der Waals surface area contributed by atoms with Crippen LogP contribution in [0.5, 0.6) is 0 Å². The summed E-state index contributed by atoms with van der Waals surface area (Å²) in [6.45, 7) is 0.335. The minimum atomic E-state index is 0.0644. The summed E-state index contributed by atoms with van der Waals surface area (Å²) < 4.78 is 0. The van der Waals surface area contributed by atoms with Gasteiger partial charge in [0.15, 0.2) is 5.13 Å². The molecule has 2 rings (SSSR count). The Morgan fingerprint density at radius 1 is 1.56 bits per heavy atom. The highest BCUT2D eigenvalue weighted by molar-refractivity contribution is 7.16. The highest BCUT2D eigenvalue weighted by atomic mass is 32.1. The minimum Gasteiger partial charge on any atom is -0.320 e. The van der Waals surface area contributed by atoms with Crippen LogP contribution >= 0.6 is 11.3 Å². The Morgan fingerprint density at radius 2 is 2.33 bits per heavy atom. The molecule has 18 heavy (non-hydrogen) atoms. The van der Waals surface area contributed by atoms with Crippen molar-refractivity contribution >= 4 is 22.4 Å². The predicted octanol–water partition coefficient (Wildman–Crippen LogP) is 1.97. The second-order valence-corrected chi connectivity index (χ2v) is 5.47. The van der Waals surface area contributed by atoms with Crippen molar-refractivity contribution in [2.24, 2.45) is 11.7 Å². The molecule has 4 nitrogen and oxygen atoms in total. The average Bonchev–Trinajstić information content (AvgIpc) is 2.98. The summed E-state index contributed by atoms with van der Waals surface area (Å²) in [7, 11) is 0. The van der Waals surface area contributed by atoms with E-state index in [0.717, 1.165) is 4.88 Å². The molecule has 1 aliphatic carbocycles. The first-order valence-electron chi connectivity index (χ1n) is 6.22. The summed E-state index contributed by atoms with van der Waals surface area (Å²) in [6.07, 6.45) is 7.15. The van der Waals surface area contributed by atoms with Crippen LogP contribution in [0, 0.1) is 17.8 Å². The maximum Gasteiger partial charge on any atom is 0.226 e. The van der Waals surface area contributed by atoms with Gasteiger partial charge in [0.1, 0.15) is 0 Å². The Hall–Kier alpha value is -1.38. The highest BCUT2D eigenvalue weighted by Gasteiger charge is 2.18. The molecule has 0 bridgehead atoms. The summed E-state index contributed by atoms with van der Waals surface area (Å²) in [4.78, 5) is 16.7. The van der Waals surface area contributed by atoms with Gasteiger partial charge in [0.05, 0.1) is 17.6 Å². The third-order valence-corrected chi connectivity index (χ3v) is 3.84. The molecule has 96 valence electrons. The number of nitrogens with one attached hydrogen (secondary N) is 1. The number of thiazole rings is 1. The fourth-order valence-electron chi connectivity index (χ4n) is 2.17. The lowest BCUT2D eigenvalue weighted by molar-refractivity contribution is -0.117. The van der Waals surface area contributed by atoms with Crippen molar-refractivity contribution in [3.05, 3.63) is 11.1 Å². The van der Waals surface area contributed by atoms with Crippen molar-refractivity contribution in [2.75, 3.05) is 11.9 Å². The maximum absolute atomic E-state index is 11.8. The zero-order chi connectivity index (χ0) is 12.8. The quantitative estimate of drug-likeness (QED) is 0.819. The minimum absolute atomic E-state index is 0.0644. The first kappa shape index (κ1) is 13.1. The number of hydrogen-bond donors (Lipinski definition) is 2. The molecule has 1 amide bonds. The molecule has 1 heterocycles. The predicted molar refractivity (Wildman–Crippen MR) is 73.3 cm³/mol. The van der Waals surface area contributed by atoms with E-state index in [1.54, 1.807) is 6.20 Å². The Bertz CT molecular complexity index is 466. The first-order valence-corrected chi connectivity index (χ1v) is 7.04. The van der Waals surface area contributed by atoms with Crippen LogP contribution in [0.15, 0.2) is 6.20 Å². The maximum atomic E-state index is 11.8. The molecule has 1 fully saturated rings. The molecule has 0 radical (unpaired) electrons. The van der Waals surface area contributed by atoms with Gasteiger partial charge in [-0.3, -0.25) is 4.79 Å². The molecule has 1 saturated carbocycles. The fraction of sp³-hybridized carbons (Fsp3) is 0.538. The second kappa shape index (κ2) is 6.53.